The van der Waals surface area contributed by atoms with E-state index in [1.807, 2.05) is 6.07 Å². The number of hydrogen-bond donors (Lipinski definition) is 1. The fraction of sp³-hybridized carbons (Fsp3) is 0.571. The average Bonchev–Trinajstić information content (AvgIpc) is 2.87. The maximum absolute atomic E-state index is 5.77. The van der Waals surface area contributed by atoms with E-state index in [1.54, 1.807) is 0 Å². The molecule has 2 aliphatic rings. The second kappa shape index (κ2) is 4.67. The minimum absolute atomic E-state index is 0.538. The van der Waals surface area contributed by atoms with Crippen molar-refractivity contribution in [1.82, 2.24) is 4.90 Å². The summed E-state index contributed by atoms with van der Waals surface area (Å²) in [5.41, 5.74) is 7.13. The highest BCUT2D eigenvalue weighted by molar-refractivity contribution is 5.37. The predicted molar refractivity (Wildman–Crippen MR) is 68.0 cm³/mol. The van der Waals surface area contributed by atoms with Crippen molar-refractivity contribution in [3.05, 3.63) is 29.8 Å². The fourth-order valence-electron chi connectivity index (χ4n) is 3.04. The van der Waals surface area contributed by atoms with Gasteiger partial charge in [-0.3, -0.25) is 4.90 Å². The lowest BCUT2D eigenvalue weighted by Gasteiger charge is -2.33. The molecule has 2 aliphatic heterocycles. The average molecular weight is 232 g/mol. The van der Waals surface area contributed by atoms with E-state index in [9.17, 15) is 0 Å². The Bertz CT molecular complexity index is 394. The third kappa shape index (κ3) is 2.05. The molecule has 2 N–H and O–H groups in total. The first kappa shape index (κ1) is 11.1. The lowest BCUT2D eigenvalue weighted by Crippen LogP contribution is -2.31. The van der Waals surface area contributed by atoms with Crippen LogP contribution in [0.2, 0.25) is 0 Å². The number of benzene rings is 1. The lowest BCUT2D eigenvalue weighted by molar-refractivity contribution is 0.162. The van der Waals surface area contributed by atoms with Gasteiger partial charge in [-0.05, 0) is 31.5 Å². The van der Waals surface area contributed by atoms with Gasteiger partial charge in [0.25, 0.3) is 0 Å². The van der Waals surface area contributed by atoms with E-state index in [4.69, 9.17) is 10.5 Å². The van der Waals surface area contributed by atoms with Crippen molar-refractivity contribution >= 4 is 0 Å². The molecule has 3 heteroatoms. The van der Waals surface area contributed by atoms with Gasteiger partial charge in [-0.15, -0.1) is 0 Å². The molecule has 0 aliphatic carbocycles. The Labute approximate surface area is 103 Å². The van der Waals surface area contributed by atoms with Crippen LogP contribution in [0.15, 0.2) is 24.3 Å². The highest BCUT2D eigenvalue weighted by Crippen LogP contribution is 2.37. The Morgan fingerprint density at radius 2 is 2.18 bits per heavy atom. The third-order valence-corrected chi connectivity index (χ3v) is 4.02. The number of ether oxygens (including phenoxy) is 1. The molecule has 1 saturated heterocycles. The summed E-state index contributed by atoms with van der Waals surface area (Å²) in [7, 11) is 0. The number of rotatable bonds is 2. The standard InChI is InChI=1S/C14H20N2O/c15-9-11-5-7-16(10-11)13-6-8-17-14-4-2-1-3-12(13)14/h1-4,11,13H,5-10,15H2. The molecule has 0 bridgehead atoms. The second-order valence-electron chi connectivity index (χ2n) is 5.08. The van der Waals surface area contributed by atoms with Crippen molar-refractivity contribution in [2.24, 2.45) is 11.7 Å². The van der Waals surface area contributed by atoms with E-state index in [0.29, 0.717) is 12.0 Å². The van der Waals surface area contributed by atoms with Gasteiger partial charge < -0.3 is 10.5 Å². The second-order valence-corrected chi connectivity index (χ2v) is 5.08. The van der Waals surface area contributed by atoms with Crippen LogP contribution in [0.1, 0.15) is 24.4 Å². The van der Waals surface area contributed by atoms with E-state index >= 15 is 0 Å². The minimum atomic E-state index is 0.538. The van der Waals surface area contributed by atoms with Gasteiger partial charge in [0.1, 0.15) is 5.75 Å². The largest absolute Gasteiger partial charge is 0.493 e. The summed E-state index contributed by atoms with van der Waals surface area (Å²) in [5.74, 6) is 1.75. The number of nitrogens with zero attached hydrogens (tertiary/aromatic N) is 1. The first-order valence-electron chi connectivity index (χ1n) is 6.54. The summed E-state index contributed by atoms with van der Waals surface area (Å²) < 4.78 is 5.72. The lowest BCUT2D eigenvalue weighted by atomic mass is 9.99. The molecule has 2 atom stereocenters. The van der Waals surface area contributed by atoms with Gasteiger partial charge in [0.2, 0.25) is 0 Å². The number of likely N-dealkylation sites (tertiary alicyclic amines) is 1. The molecule has 0 aromatic heterocycles. The maximum Gasteiger partial charge on any atom is 0.124 e. The molecule has 1 aromatic carbocycles. The topological polar surface area (TPSA) is 38.5 Å². The fourth-order valence-corrected chi connectivity index (χ4v) is 3.04. The molecule has 3 rings (SSSR count). The van der Waals surface area contributed by atoms with Gasteiger partial charge in [0.15, 0.2) is 0 Å². The van der Waals surface area contributed by atoms with E-state index in [2.05, 4.69) is 23.1 Å². The minimum Gasteiger partial charge on any atom is -0.493 e. The van der Waals surface area contributed by atoms with Crippen LogP contribution in [0.25, 0.3) is 0 Å². The normalized spacial score (nSPS) is 28.8. The summed E-state index contributed by atoms with van der Waals surface area (Å²) in [6.45, 7) is 3.99. The molecule has 3 nitrogen and oxygen atoms in total. The third-order valence-electron chi connectivity index (χ3n) is 4.02. The van der Waals surface area contributed by atoms with Crippen molar-refractivity contribution in [2.75, 3.05) is 26.2 Å². The molecule has 0 saturated carbocycles. The van der Waals surface area contributed by atoms with Crippen molar-refractivity contribution in [2.45, 2.75) is 18.9 Å². The zero-order valence-corrected chi connectivity index (χ0v) is 10.1. The van der Waals surface area contributed by atoms with Crippen LogP contribution >= 0.6 is 0 Å². The van der Waals surface area contributed by atoms with Gasteiger partial charge in [-0.2, -0.15) is 0 Å². The predicted octanol–water partition coefficient (Wildman–Crippen LogP) is 1.79. The van der Waals surface area contributed by atoms with Gasteiger partial charge in [0, 0.05) is 24.6 Å². The zero-order chi connectivity index (χ0) is 11.7. The molecule has 0 spiro atoms. The molecular formula is C14H20N2O. The van der Waals surface area contributed by atoms with Crippen LogP contribution in [0.4, 0.5) is 0 Å². The maximum atomic E-state index is 5.77. The summed E-state index contributed by atoms with van der Waals surface area (Å²) in [4.78, 5) is 2.58. The van der Waals surface area contributed by atoms with Gasteiger partial charge in [0.05, 0.1) is 6.61 Å². The molecule has 17 heavy (non-hydrogen) atoms. The van der Waals surface area contributed by atoms with E-state index in [1.165, 1.54) is 18.5 Å². The monoisotopic (exact) mass is 232 g/mol. The number of fused-ring (bicyclic) bond motifs is 1. The van der Waals surface area contributed by atoms with Crippen molar-refractivity contribution in [1.29, 1.82) is 0 Å². The molecule has 92 valence electrons. The van der Waals surface area contributed by atoms with Crippen LogP contribution in [0.5, 0.6) is 5.75 Å². The molecule has 0 radical (unpaired) electrons. The highest BCUT2D eigenvalue weighted by Gasteiger charge is 2.31. The summed E-state index contributed by atoms with van der Waals surface area (Å²) in [5, 5.41) is 0. The zero-order valence-electron chi connectivity index (χ0n) is 10.1. The Kier molecular flexibility index (Phi) is 3.04. The Morgan fingerprint density at radius 1 is 1.29 bits per heavy atom. The molecule has 2 unspecified atom stereocenters. The van der Waals surface area contributed by atoms with Gasteiger partial charge >= 0.3 is 0 Å². The van der Waals surface area contributed by atoms with Crippen molar-refractivity contribution in [3.8, 4) is 5.75 Å². The Morgan fingerprint density at radius 3 is 3.00 bits per heavy atom. The molecule has 1 aromatic rings. The summed E-state index contributed by atoms with van der Waals surface area (Å²) in [6, 6.07) is 8.98. The Balaban J connectivity index is 1.81. The van der Waals surface area contributed by atoms with Crippen LogP contribution in [-0.4, -0.2) is 31.1 Å². The molecule has 2 heterocycles. The quantitative estimate of drug-likeness (QED) is 0.845. The summed E-state index contributed by atoms with van der Waals surface area (Å²) >= 11 is 0. The number of para-hydroxylation sites is 1. The van der Waals surface area contributed by atoms with Crippen LogP contribution < -0.4 is 10.5 Å². The van der Waals surface area contributed by atoms with Crippen LogP contribution in [0, 0.1) is 5.92 Å². The number of nitrogens with two attached hydrogens (primary N) is 1. The van der Waals surface area contributed by atoms with E-state index in [0.717, 1.165) is 31.9 Å². The Hall–Kier alpha value is -1.06. The summed E-state index contributed by atoms with van der Waals surface area (Å²) in [6.07, 6.45) is 2.35. The van der Waals surface area contributed by atoms with Crippen LogP contribution in [0.3, 0.4) is 0 Å². The first-order chi connectivity index (χ1) is 8.38. The van der Waals surface area contributed by atoms with E-state index < -0.39 is 0 Å². The highest BCUT2D eigenvalue weighted by atomic mass is 16.5. The SMILES string of the molecule is NCC1CCN(C2CCOc3ccccc32)C1. The number of hydrogen-bond acceptors (Lipinski definition) is 3. The van der Waals surface area contributed by atoms with Gasteiger partial charge in [-0.1, -0.05) is 18.2 Å². The molecular weight excluding hydrogens is 212 g/mol. The van der Waals surface area contributed by atoms with E-state index in [-0.39, 0.29) is 0 Å². The molecule has 0 amide bonds. The molecule has 1 fully saturated rings. The first-order valence-corrected chi connectivity index (χ1v) is 6.54. The van der Waals surface area contributed by atoms with Gasteiger partial charge in [-0.25, -0.2) is 0 Å². The smallest absolute Gasteiger partial charge is 0.124 e. The van der Waals surface area contributed by atoms with Crippen molar-refractivity contribution in [3.63, 3.8) is 0 Å². The van der Waals surface area contributed by atoms with Crippen molar-refractivity contribution < 1.29 is 4.74 Å². The van der Waals surface area contributed by atoms with Crippen LogP contribution in [-0.2, 0) is 0 Å².